The molecule has 0 bridgehead atoms. The van der Waals surface area contributed by atoms with Gasteiger partial charge < -0.3 is 20.5 Å². The summed E-state index contributed by atoms with van der Waals surface area (Å²) in [6.07, 6.45) is 2.60. The van der Waals surface area contributed by atoms with Crippen molar-refractivity contribution >= 4 is 23.6 Å². The standard InChI is InChI=1S/C16H21ClN2O4/c1-23-14-7-2-10(8-13(14)17)9-18-16(22)19-12-5-3-11(4-6-12)15(20)21/h2,7-8,11-12H,3-6,9H2,1H3,(H,20,21)(H2,18,19,22). The Morgan fingerprint density at radius 1 is 1.30 bits per heavy atom. The molecule has 0 spiro atoms. The van der Waals surface area contributed by atoms with Crippen molar-refractivity contribution in [1.82, 2.24) is 10.6 Å². The van der Waals surface area contributed by atoms with E-state index < -0.39 is 5.97 Å². The maximum Gasteiger partial charge on any atom is 0.315 e. The van der Waals surface area contributed by atoms with E-state index in [9.17, 15) is 9.59 Å². The lowest BCUT2D eigenvalue weighted by Crippen LogP contribution is -2.43. The van der Waals surface area contributed by atoms with E-state index in [0.717, 1.165) is 5.56 Å². The van der Waals surface area contributed by atoms with Crippen molar-refractivity contribution in [3.63, 3.8) is 0 Å². The average Bonchev–Trinajstić information content (AvgIpc) is 2.53. The summed E-state index contributed by atoms with van der Waals surface area (Å²) in [5, 5.41) is 15.1. The number of urea groups is 1. The van der Waals surface area contributed by atoms with Crippen LogP contribution in [0.3, 0.4) is 0 Å². The van der Waals surface area contributed by atoms with E-state index in [1.165, 1.54) is 0 Å². The minimum Gasteiger partial charge on any atom is -0.495 e. The second-order valence-electron chi connectivity index (χ2n) is 5.68. The van der Waals surface area contributed by atoms with Crippen molar-refractivity contribution < 1.29 is 19.4 Å². The molecule has 126 valence electrons. The van der Waals surface area contributed by atoms with E-state index in [2.05, 4.69) is 10.6 Å². The Balaban J connectivity index is 1.75. The third-order valence-electron chi connectivity index (χ3n) is 4.08. The van der Waals surface area contributed by atoms with Crippen LogP contribution in [0.4, 0.5) is 4.79 Å². The maximum absolute atomic E-state index is 11.9. The fourth-order valence-corrected chi connectivity index (χ4v) is 3.00. The van der Waals surface area contributed by atoms with Gasteiger partial charge in [-0.05, 0) is 43.4 Å². The van der Waals surface area contributed by atoms with E-state index in [1.54, 1.807) is 19.2 Å². The van der Waals surface area contributed by atoms with Gasteiger partial charge in [0.1, 0.15) is 5.75 Å². The van der Waals surface area contributed by atoms with Crippen LogP contribution in [0.15, 0.2) is 18.2 Å². The van der Waals surface area contributed by atoms with Gasteiger partial charge in [-0.15, -0.1) is 0 Å². The molecule has 7 heteroatoms. The first kappa shape index (κ1) is 17.4. The number of carbonyl (C=O) groups excluding carboxylic acids is 1. The van der Waals surface area contributed by atoms with Crippen LogP contribution < -0.4 is 15.4 Å². The molecule has 1 aromatic carbocycles. The number of carbonyl (C=O) groups is 2. The monoisotopic (exact) mass is 340 g/mol. The van der Waals surface area contributed by atoms with Crippen molar-refractivity contribution in [3.05, 3.63) is 28.8 Å². The number of hydrogen-bond donors (Lipinski definition) is 3. The molecule has 0 aromatic heterocycles. The maximum atomic E-state index is 11.9. The SMILES string of the molecule is COc1ccc(CNC(=O)NC2CCC(C(=O)O)CC2)cc1Cl. The largest absolute Gasteiger partial charge is 0.495 e. The normalized spacial score (nSPS) is 20.6. The third-order valence-corrected chi connectivity index (χ3v) is 4.38. The smallest absolute Gasteiger partial charge is 0.315 e. The highest BCUT2D eigenvalue weighted by Gasteiger charge is 2.26. The van der Waals surface area contributed by atoms with Gasteiger partial charge in [-0.2, -0.15) is 0 Å². The fraction of sp³-hybridized carbons (Fsp3) is 0.500. The van der Waals surface area contributed by atoms with Crippen LogP contribution in [0.2, 0.25) is 5.02 Å². The third kappa shape index (κ3) is 5.03. The van der Waals surface area contributed by atoms with Crippen LogP contribution in [0.1, 0.15) is 31.2 Å². The lowest BCUT2D eigenvalue weighted by Gasteiger charge is -2.26. The van der Waals surface area contributed by atoms with Crippen LogP contribution in [-0.2, 0) is 11.3 Å². The van der Waals surface area contributed by atoms with E-state index >= 15 is 0 Å². The number of halogens is 1. The van der Waals surface area contributed by atoms with Crippen molar-refractivity contribution in [2.75, 3.05) is 7.11 Å². The molecule has 2 amide bonds. The number of nitrogens with one attached hydrogen (secondary N) is 2. The summed E-state index contributed by atoms with van der Waals surface area (Å²) in [7, 11) is 1.55. The van der Waals surface area contributed by atoms with Gasteiger partial charge in [0, 0.05) is 12.6 Å². The highest BCUT2D eigenvalue weighted by molar-refractivity contribution is 6.32. The van der Waals surface area contributed by atoms with Crippen molar-refractivity contribution in [3.8, 4) is 5.75 Å². The number of hydrogen-bond acceptors (Lipinski definition) is 3. The average molecular weight is 341 g/mol. The number of carboxylic acid groups (broad SMARTS) is 1. The molecule has 2 rings (SSSR count). The predicted molar refractivity (Wildman–Crippen MR) is 86.8 cm³/mol. The Labute approximate surface area is 140 Å². The molecule has 1 aliphatic carbocycles. The summed E-state index contributed by atoms with van der Waals surface area (Å²) in [5.74, 6) is -0.433. The van der Waals surface area contributed by atoms with Gasteiger partial charge in [0.25, 0.3) is 0 Å². The first-order valence-corrected chi connectivity index (χ1v) is 7.97. The van der Waals surface area contributed by atoms with Crippen LogP contribution in [0.5, 0.6) is 5.75 Å². The number of benzene rings is 1. The van der Waals surface area contributed by atoms with Gasteiger partial charge in [-0.3, -0.25) is 4.79 Å². The van der Waals surface area contributed by atoms with E-state index in [1.807, 2.05) is 6.07 Å². The number of methoxy groups -OCH3 is 1. The summed E-state index contributed by atoms with van der Waals surface area (Å²) < 4.78 is 5.08. The molecule has 0 radical (unpaired) electrons. The Hall–Kier alpha value is -1.95. The molecular weight excluding hydrogens is 320 g/mol. The summed E-state index contributed by atoms with van der Waals surface area (Å²) in [5.41, 5.74) is 0.875. The van der Waals surface area contributed by atoms with E-state index in [0.29, 0.717) is 43.0 Å². The molecule has 0 heterocycles. The Morgan fingerprint density at radius 2 is 2.00 bits per heavy atom. The van der Waals surface area contributed by atoms with Crippen LogP contribution in [0, 0.1) is 5.92 Å². The molecule has 1 fully saturated rings. The number of rotatable bonds is 5. The predicted octanol–water partition coefficient (Wildman–Crippen LogP) is 2.79. The molecule has 6 nitrogen and oxygen atoms in total. The zero-order valence-electron chi connectivity index (χ0n) is 13.0. The molecule has 0 saturated heterocycles. The first-order valence-electron chi connectivity index (χ1n) is 7.59. The molecule has 3 N–H and O–H groups in total. The van der Waals surface area contributed by atoms with Gasteiger partial charge in [-0.1, -0.05) is 17.7 Å². The molecule has 23 heavy (non-hydrogen) atoms. The zero-order chi connectivity index (χ0) is 16.8. The number of aliphatic carboxylic acids is 1. The number of carboxylic acids is 1. The fourth-order valence-electron chi connectivity index (χ4n) is 2.72. The van der Waals surface area contributed by atoms with Gasteiger partial charge in [0.05, 0.1) is 18.1 Å². The quantitative estimate of drug-likeness (QED) is 0.769. The Kier molecular flexibility index (Phi) is 6.10. The Morgan fingerprint density at radius 3 is 2.57 bits per heavy atom. The van der Waals surface area contributed by atoms with Gasteiger partial charge >= 0.3 is 12.0 Å². The molecule has 1 aromatic rings. The highest BCUT2D eigenvalue weighted by Crippen LogP contribution is 2.25. The van der Waals surface area contributed by atoms with Gasteiger partial charge in [0.15, 0.2) is 0 Å². The van der Waals surface area contributed by atoms with E-state index in [4.69, 9.17) is 21.4 Å². The van der Waals surface area contributed by atoms with Crippen molar-refractivity contribution in [2.24, 2.45) is 5.92 Å². The van der Waals surface area contributed by atoms with Crippen molar-refractivity contribution in [1.29, 1.82) is 0 Å². The molecule has 0 unspecified atom stereocenters. The Bertz CT molecular complexity index is 571. The zero-order valence-corrected chi connectivity index (χ0v) is 13.7. The molecule has 1 saturated carbocycles. The van der Waals surface area contributed by atoms with Crippen LogP contribution >= 0.6 is 11.6 Å². The summed E-state index contributed by atoms with van der Waals surface area (Å²) in [4.78, 5) is 22.8. The molecule has 0 atom stereocenters. The minimum absolute atomic E-state index is 0.0325. The number of ether oxygens (including phenoxy) is 1. The molecule has 1 aliphatic rings. The molecular formula is C16H21ClN2O4. The number of amides is 2. The van der Waals surface area contributed by atoms with Crippen LogP contribution in [0.25, 0.3) is 0 Å². The molecule has 0 aliphatic heterocycles. The minimum atomic E-state index is -0.746. The van der Waals surface area contributed by atoms with E-state index in [-0.39, 0.29) is 18.0 Å². The second-order valence-corrected chi connectivity index (χ2v) is 6.09. The summed E-state index contributed by atoms with van der Waals surface area (Å²) >= 11 is 6.04. The van der Waals surface area contributed by atoms with Crippen LogP contribution in [-0.4, -0.2) is 30.3 Å². The lowest BCUT2D eigenvalue weighted by atomic mass is 9.86. The summed E-state index contributed by atoms with van der Waals surface area (Å²) in [6, 6.07) is 5.12. The second kappa shape index (κ2) is 8.06. The topological polar surface area (TPSA) is 87.7 Å². The summed E-state index contributed by atoms with van der Waals surface area (Å²) in [6.45, 7) is 0.361. The lowest BCUT2D eigenvalue weighted by molar-refractivity contribution is -0.142. The van der Waals surface area contributed by atoms with Crippen molar-refractivity contribution in [2.45, 2.75) is 38.3 Å². The van der Waals surface area contributed by atoms with Gasteiger partial charge in [-0.25, -0.2) is 4.79 Å². The van der Waals surface area contributed by atoms with Gasteiger partial charge in [0.2, 0.25) is 0 Å². The first-order chi connectivity index (χ1) is 11.0. The highest BCUT2D eigenvalue weighted by atomic mass is 35.5.